The fraction of sp³-hybridized carbons (Fsp3) is 0.231. The van der Waals surface area contributed by atoms with Crippen LogP contribution in [-0.4, -0.2) is 36.2 Å². The van der Waals surface area contributed by atoms with E-state index >= 15 is 0 Å². The Bertz CT molecular complexity index is 1320. The lowest BCUT2D eigenvalue weighted by molar-refractivity contribution is -0.121. The first-order valence-corrected chi connectivity index (χ1v) is 11.6. The van der Waals surface area contributed by atoms with Crippen molar-refractivity contribution in [1.29, 1.82) is 0 Å². The number of para-hydroxylation sites is 2. The molecule has 3 aromatic carbocycles. The van der Waals surface area contributed by atoms with E-state index < -0.39 is 0 Å². The molecule has 0 saturated carbocycles. The molecule has 1 aromatic heterocycles. The predicted molar refractivity (Wildman–Crippen MR) is 135 cm³/mol. The largest absolute Gasteiger partial charge is 0.493 e. The molecule has 8 heteroatoms. The molecule has 0 radical (unpaired) electrons. The van der Waals surface area contributed by atoms with E-state index in [2.05, 4.69) is 5.32 Å². The number of fused-ring (bicyclic) bond motifs is 1. The first-order valence-electron chi connectivity index (χ1n) is 10.8. The van der Waals surface area contributed by atoms with E-state index in [9.17, 15) is 4.79 Å². The molecule has 0 spiro atoms. The van der Waals surface area contributed by atoms with Gasteiger partial charge < -0.3 is 19.4 Å². The first kappa shape index (κ1) is 23.9. The fourth-order valence-corrected chi connectivity index (χ4v) is 4.33. The number of carbonyl (C=O) groups is 1. The molecule has 0 fully saturated rings. The Labute approximate surface area is 208 Å². The van der Waals surface area contributed by atoms with Crippen molar-refractivity contribution in [3.8, 4) is 11.5 Å². The number of halogens is 2. The van der Waals surface area contributed by atoms with Crippen molar-refractivity contribution in [1.82, 2.24) is 14.9 Å². The monoisotopic (exact) mass is 497 g/mol. The van der Waals surface area contributed by atoms with Crippen LogP contribution in [0.25, 0.3) is 11.0 Å². The number of imidazole rings is 1. The molecule has 0 unspecified atom stereocenters. The van der Waals surface area contributed by atoms with Crippen LogP contribution in [0.4, 0.5) is 0 Å². The van der Waals surface area contributed by atoms with E-state index in [1.165, 1.54) is 0 Å². The number of carbonyl (C=O) groups excluding carboxylic acids is 1. The zero-order chi connectivity index (χ0) is 24.1. The van der Waals surface area contributed by atoms with Crippen LogP contribution in [0.2, 0.25) is 10.0 Å². The molecule has 0 atom stereocenters. The van der Waals surface area contributed by atoms with Crippen LogP contribution < -0.4 is 14.8 Å². The van der Waals surface area contributed by atoms with Crippen LogP contribution >= 0.6 is 23.2 Å². The van der Waals surface area contributed by atoms with Crippen LogP contribution in [0, 0.1) is 0 Å². The topological polar surface area (TPSA) is 65.4 Å². The highest BCUT2D eigenvalue weighted by Crippen LogP contribution is 2.28. The summed E-state index contributed by atoms with van der Waals surface area (Å²) in [5.74, 6) is 2.02. The van der Waals surface area contributed by atoms with E-state index in [4.69, 9.17) is 37.7 Å². The summed E-state index contributed by atoms with van der Waals surface area (Å²) in [6, 6.07) is 18.9. The van der Waals surface area contributed by atoms with Gasteiger partial charge in [0.1, 0.15) is 12.4 Å². The number of benzene rings is 3. The third-order valence-corrected chi connectivity index (χ3v) is 6.17. The molecule has 6 nitrogen and oxygen atoms in total. The molecule has 4 aromatic rings. The molecule has 1 amide bonds. The van der Waals surface area contributed by atoms with Crippen molar-refractivity contribution in [2.45, 2.75) is 19.4 Å². The van der Waals surface area contributed by atoms with Crippen molar-refractivity contribution in [2.24, 2.45) is 0 Å². The Hall–Kier alpha value is -3.22. The zero-order valence-electron chi connectivity index (χ0n) is 19.0. The summed E-state index contributed by atoms with van der Waals surface area (Å²) in [5.41, 5.74) is 3.68. The van der Waals surface area contributed by atoms with Gasteiger partial charge in [0.2, 0.25) is 5.91 Å². The fourth-order valence-electron chi connectivity index (χ4n) is 3.85. The van der Waals surface area contributed by atoms with Crippen molar-refractivity contribution >= 4 is 40.1 Å². The van der Waals surface area contributed by atoms with Crippen LogP contribution in [0.5, 0.6) is 11.5 Å². The summed E-state index contributed by atoms with van der Waals surface area (Å²) in [6.07, 6.45) is 1.16. The average Bonchev–Trinajstić information content (AvgIpc) is 3.17. The minimum Gasteiger partial charge on any atom is -0.493 e. The van der Waals surface area contributed by atoms with Crippen molar-refractivity contribution in [2.75, 3.05) is 20.8 Å². The molecule has 1 heterocycles. The molecule has 0 aliphatic carbocycles. The number of hydrogen-bond acceptors (Lipinski definition) is 4. The lowest BCUT2D eigenvalue weighted by Crippen LogP contribution is -2.30. The van der Waals surface area contributed by atoms with E-state index in [-0.39, 0.29) is 12.5 Å². The van der Waals surface area contributed by atoms with E-state index in [1.807, 2.05) is 53.1 Å². The van der Waals surface area contributed by atoms with Crippen molar-refractivity contribution < 1.29 is 14.3 Å². The van der Waals surface area contributed by atoms with Gasteiger partial charge in [0.05, 0.1) is 25.3 Å². The Morgan fingerprint density at radius 2 is 1.79 bits per heavy atom. The summed E-state index contributed by atoms with van der Waals surface area (Å²) in [4.78, 5) is 17.6. The van der Waals surface area contributed by atoms with Crippen LogP contribution in [0.1, 0.15) is 17.0 Å². The Morgan fingerprint density at radius 1 is 1.00 bits per heavy atom. The third-order valence-electron chi connectivity index (χ3n) is 5.58. The van der Waals surface area contributed by atoms with E-state index in [0.717, 1.165) is 28.0 Å². The number of methoxy groups -OCH3 is 2. The van der Waals surface area contributed by atoms with Gasteiger partial charge in [-0.1, -0.05) is 47.5 Å². The maximum atomic E-state index is 12.8. The van der Waals surface area contributed by atoms with Crippen molar-refractivity contribution in [3.05, 3.63) is 87.7 Å². The number of amides is 1. The summed E-state index contributed by atoms with van der Waals surface area (Å²) in [6.45, 7) is 0.659. The lowest BCUT2D eigenvalue weighted by Gasteiger charge is -2.12. The molecule has 34 heavy (non-hydrogen) atoms. The quantitative estimate of drug-likeness (QED) is 0.340. The second kappa shape index (κ2) is 10.8. The smallest absolute Gasteiger partial charge is 0.240 e. The number of ether oxygens (including phenoxy) is 2. The molecule has 4 rings (SSSR count). The highest BCUT2D eigenvalue weighted by Gasteiger charge is 2.15. The van der Waals surface area contributed by atoms with Gasteiger partial charge in [-0.3, -0.25) is 4.79 Å². The number of aromatic nitrogens is 2. The van der Waals surface area contributed by atoms with Gasteiger partial charge >= 0.3 is 0 Å². The van der Waals surface area contributed by atoms with Crippen molar-refractivity contribution in [3.63, 3.8) is 0 Å². The summed E-state index contributed by atoms with van der Waals surface area (Å²) >= 11 is 12.4. The number of nitrogens with zero attached hydrogens (tertiary/aromatic N) is 2. The van der Waals surface area contributed by atoms with Crippen LogP contribution in [0.15, 0.2) is 60.7 Å². The minimum absolute atomic E-state index is 0.0907. The van der Waals surface area contributed by atoms with Crippen LogP contribution in [-0.2, 0) is 24.2 Å². The third kappa shape index (κ3) is 5.46. The van der Waals surface area contributed by atoms with Gasteiger partial charge in [-0.05, 0) is 53.9 Å². The Morgan fingerprint density at radius 3 is 2.56 bits per heavy atom. The van der Waals surface area contributed by atoms with Crippen LogP contribution in [0.3, 0.4) is 0 Å². The average molecular weight is 498 g/mol. The zero-order valence-corrected chi connectivity index (χ0v) is 20.5. The van der Waals surface area contributed by atoms with Gasteiger partial charge in [0, 0.05) is 23.0 Å². The molecule has 0 aliphatic heterocycles. The second-order valence-electron chi connectivity index (χ2n) is 7.80. The van der Waals surface area contributed by atoms with Gasteiger partial charge in [0.25, 0.3) is 0 Å². The maximum absolute atomic E-state index is 12.8. The first-order chi connectivity index (χ1) is 16.5. The summed E-state index contributed by atoms with van der Waals surface area (Å²) in [7, 11) is 3.21. The highest BCUT2D eigenvalue weighted by molar-refractivity contribution is 6.35. The predicted octanol–water partition coefficient (Wildman–Crippen LogP) is 5.31. The molecule has 1 N–H and O–H groups in total. The van der Waals surface area contributed by atoms with Gasteiger partial charge in [0.15, 0.2) is 11.5 Å². The second-order valence-corrected chi connectivity index (χ2v) is 8.65. The van der Waals surface area contributed by atoms with Gasteiger partial charge in [-0.25, -0.2) is 4.98 Å². The number of nitrogens with one attached hydrogen (secondary N) is 1. The standard InChI is InChI=1S/C26H25Cl2N3O3/c1-33-23-10-7-17(13-24(23)34-2)11-12-29-26(32)16-31-22-6-4-3-5-21(22)30-25(31)14-18-8-9-19(27)15-20(18)28/h3-10,13,15H,11-12,14,16H2,1-2H3,(H,29,32). The maximum Gasteiger partial charge on any atom is 0.240 e. The van der Waals surface area contributed by atoms with E-state index in [0.29, 0.717) is 40.9 Å². The van der Waals surface area contributed by atoms with Gasteiger partial charge in [-0.2, -0.15) is 0 Å². The normalized spacial score (nSPS) is 10.9. The highest BCUT2D eigenvalue weighted by atomic mass is 35.5. The summed E-state index contributed by atoms with van der Waals surface area (Å²) in [5, 5.41) is 4.16. The molecular weight excluding hydrogens is 473 g/mol. The molecule has 0 bridgehead atoms. The number of hydrogen-bond donors (Lipinski definition) is 1. The summed E-state index contributed by atoms with van der Waals surface area (Å²) < 4.78 is 12.6. The van der Waals surface area contributed by atoms with E-state index in [1.54, 1.807) is 26.4 Å². The molecule has 0 aliphatic rings. The molecule has 176 valence electrons. The Kier molecular flexibility index (Phi) is 7.60. The SMILES string of the molecule is COc1ccc(CCNC(=O)Cn2c(Cc3ccc(Cl)cc3Cl)nc3ccccc32)cc1OC. The molecular formula is C26H25Cl2N3O3. The van der Waals surface area contributed by atoms with Gasteiger partial charge in [-0.15, -0.1) is 0 Å². The lowest BCUT2D eigenvalue weighted by atomic mass is 10.1. The minimum atomic E-state index is -0.0907. The Balaban J connectivity index is 1.47. The number of rotatable bonds is 9. The molecule has 0 saturated heterocycles.